The molecule has 0 aliphatic heterocycles. The lowest BCUT2D eigenvalue weighted by atomic mass is 10.4. The van der Waals surface area contributed by atoms with Crippen LogP contribution in [0.1, 0.15) is 16.3 Å². The molecule has 1 aromatic heterocycles. The maximum Gasteiger partial charge on any atom is 0.355 e. The molecule has 5 nitrogen and oxygen atoms in total. The third-order valence-corrected chi connectivity index (χ3v) is 2.04. The zero-order valence-corrected chi connectivity index (χ0v) is 8.62. The summed E-state index contributed by atoms with van der Waals surface area (Å²) in [4.78, 5) is 18.3. The first-order valence-electron chi connectivity index (χ1n) is 3.37. The van der Waals surface area contributed by atoms with Crippen LogP contribution < -0.4 is 4.74 Å². The van der Waals surface area contributed by atoms with Crippen molar-refractivity contribution >= 4 is 21.9 Å². The molecule has 1 heterocycles. The third-order valence-electron chi connectivity index (χ3n) is 1.33. The zero-order chi connectivity index (χ0) is 10.0. The first-order valence-corrected chi connectivity index (χ1v) is 4.17. The van der Waals surface area contributed by atoms with Crippen molar-refractivity contribution in [3.63, 3.8) is 0 Å². The molecule has 1 aromatic rings. The van der Waals surface area contributed by atoms with Gasteiger partial charge in [0.05, 0.1) is 7.11 Å². The smallest absolute Gasteiger partial charge is 0.355 e. The Hall–Kier alpha value is -1.17. The Morgan fingerprint density at radius 2 is 2.15 bits per heavy atom. The SMILES string of the molecule is COc1nc(C)nc(C(=O)O)c1Br. The van der Waals surface area contributed by atoms with Gasteiger partial charge in [0, 0.05) is 0 Å². The van der Waals surface area contributed by atoms with Gasteiger partial charge in [-0.15, -0.1) is 0 Å². The van der Waals surface area contributed by atoms with E-state index in [2.05, 4.69) is 25.9 Å². The van der Waals surface area contributed by atoms with Gasteiger partial charge in [-0.1, -0.05) is 0 Å². The first kappa shape index (κ1) is 9.91. The monoisotopic (exact) mass is 246 g/mol. The van der Waals surface area contributed by atoms with Gasteiger partial charge < -0.3 is 9.84 Å². The molecular formula is C7H7BrN2O3. The second-order valence-electron chi connectivity index (χ2n) is 2.25. The Morgan fingerprint density at radius 3 is 2.62 bits per heavy atom. The van der Waals surface area contributed by atoms with E-state index in [0.717, 1.165) is 0 Å². The molecule has 1 rings (SSSR count). The molecule has 0 amide bonds. The number of carbonyl (C=O) groups is 1. The summed E-state index contributed by atoms with van der Waals surface area (Å²) in [5.74, 6) is -0.530. The molecule has 0 bridgehead atoms. The van der Waals surface area contributed by atoms with Gasteiger partial charge in [0.15, 0.2) is 5.69 Å². The number of hydrogen-bond acceptors (Lipinski definition) is 4. The molecule has 1 N–H and O–H groups in total. The van der Waals surface area contributed by atoms with Crippen LogP contribution in [0.2, 0.25) is 0 Å². The summed E-state index contributed by atoms with van der Waals surface area (Å²) >= 11 is 3.05. The number of methoxy groups -OCH3 is 1. The van der Waals surface area contributed by atoms with Crippen molar-refractivity contribution in [1.82, 2.24) is 9.97 Å². The molecule has 0 saturated heterocycles. The van der Waals surface area contributed by atoms with Crippen molar-refractivity contribution in [2.75, 3.05) is 7.11 Å². The summed E-state index contributed by atoms with van der Waals surface area (Å²) in [6, 6.07) is 0. The normalized spacial score (nSPS) is 9.77. The number of hydrogen-bond donors (Lipinski definition) is 1. The maximum atomic E-state index is 10.7. The highest BCUT2D eigenvalue weighted by Gasteiger charge is 2.16. The van der Waals surface area contributed by atoms with Crippen molar-refractivity contribution in [2.45, 2.75) is 6.92 Å². The fourth-order valence-corrected chi connectivity index (χ4v) is 1.32. The van der Waals surface area contributed by atoms with E-state index in [9.17, 15) is 4.79 Å². The molecule has 0 unspecified atom stereocenters. The van der Waals surface area contributed by atoms with Crippen molar-refractivity contribution in [3.8, 4) is 5.88 Å². The molecule has 0 spiro atoms. The highest BCUT2D eigenvalue weighted by Crippen LogP contribution is 2.24. The van der Waals surface area contributed by atoms with Gasteiger partial charge in [-0.3, -0.25) is 0 Å². The predicted molar refractivity (Wildman–Crippen MR) is 48.0 cm³/mol. The number of aromatic nitrogens is 2. The quantitative estimate of drug-likeness (QED) is 0.851. The van der Waals surface area contributed by atoms with E-state index in [1.165, 1.54) is 7.11 Å². The van der Waals surface area contributed by atoms with E-state index < -0.39 is 5.97 Å². The molecule has 0 fully saturated rings. The minimum atomic E-state index is -1.12. The van der Waals surface area contributed by atoms with Crippen molar-refractivity contribution < 1.29 is 14.6 Å². The molecule has 0 atom stereocenters. The summed E-state index contributed by atoms with van der Waals surface area (Å²) in [6.07, 6.45) is 0. The highest BCUT2D eigenvalue weighted by molar-refractivity contribution is 9.10. The van der Waals surface area contributed by atoms with Gasteiger partial charge in [-0.25, -0.2) is 9.78 Å². The van der Waals surface area contributed by atoms with Crippen LogP contribution in [0.15, 0.2) is 4.47 Å². The number of nitrogens with zero attached hydrogens (tertiary/aromatic N) is 2. The molecule has 0 radical (unpaired) electrons. The van der Waals surface area contributed by atoms with E-state index in [0.29, 0.717) is 5.82 Å². The average Bonchev–Trinajstić information content (AvgIpc) is 2.08. The maximum absolute atomic E-state index is 10.7. The summed E-state index contributed by atoms with van der Waals surface area (Å²) in [5.41, 5.74) is -0.0932. The van der Waals surface area contributed by atoms with E-state index in [1.54, 1.807) is 6.92 Å². The second kappa shape index (κ2) is 3.69. The third kappa shape index (κ3) is 1.95. The van der Waals surface area contributed by atoms with Gasteiger partial charge in [-0.2, -0.15) is 4.98 Å². The molecule has 6 heteroatoms. The Labute approximate surface area is 82.9 Å². The summed E-state index contributed by atoms with van der Waals surface area (Å²) in [7, 11) is 1.41. The molecule has 0 aliphatic rings. The molecule has 70 valence electrons. The summed E-state index contributed by atoms with van der Waals surface area (Å²) in [5, 5.41) is 8.73. The van der Waals surface area contributed by atoms with Crippen LogP contribution in [0.3, 0.4) is 0 Å². The van der Waals surface area contributed by atoms with E-state index in [4.69, 9.17) is 9.84 Å². The summed E-state index contributed by atoms with van der Waals surface area (Å²) in [6.45, 7) is 1.60. The topological polar surface area (TPSA) is 72.3 Å². The number of aromatic carboxylic acids is 1. The zero-order valence-electron chi connectivity index (χ0n) is 7.04. The van der Waals surface area contributed by atoms with Crippen LogP contribution in [-0.2, 0) is 0 Å². The Kier molecular flexibility index (Phi) is 2.82. The van der Waals surface area contributed by atoms with Gasteiger partial charge in [0.1, 0.15) is 10.3 Å². The average molecular weight is 247 g/mol. The van der Waals surface area contributed by atoms with Gasteiger partial charge in [0.2, 0.25) is 5.88 Å². The van der Waals surface area contributed by atoms with Crippen LogP contribution in [0.25, 0.3) is 0 Å². The lowest BCUT2D eigenvalue weighted by Crippen LogP contribution is -2.06. The van der Waals surface area contributed by atoms with E-state index in [1.807, 2.05) is 0 Å². The lowest BCUT2D eigenvalue weighted by Gasteiger charge is -2.04. The Balaban J connectivity index is 3.35. The summed E-state index contributed by atoms with van der Waals surface area (Å²) < 4.78 is 5.11. The Morgan fingerprint density at radius 1 is 1.54 bits per heavy atom. The van der Waals surface area contributed by atoms with Crippen LogP contribution in [0.5, 0.6) is 5.88 Å². The van der Waals surface area contributed by atoms with Crippen molar-refractivity contribution in [3.05, 3.63) is 16.0 Å². The molecule has 0 aromatic carbocycles. The minimum Gasteiger partial charge on any atom is -0.480 e. The number of carboxylic acid groups (broad SMARTS) is 1. The van der Waals surface area contributed by atoms with Gasteiger partial charge >= 0.3 is 5.97 Å². The first-order chi connectivity index (χ1) is 6.06. The predicted octanol–water partition coefficient (Wildman–Crippen LogP) is 1.25. The standard InChI is InChI=1S/C7H7BrN2O3/c1-3-9-5(7(11)12)4(8)6(10-3)13-2/h1-2H3,(H,11,12). The number of ether oxygens (including phenoxy) is 1. The van der Waals surface area contributed by atoms with Crippen LogP contribution in [0, 0.1) is 6.92 Å². The number of carboxylic acids is 1. The fraction of sp³-hybridized carbons (Fsp3) is 0.286. The van der Waals surface area contributed by atoms with Crippen molar-refractivity contribution in [1.29, 1.82) is 0 Å². The molecule has 13 heavy (non-hydrogen) atoms. The van der Waals surface area contributed by atoms with E-state index in [-0.39, 0.29) is 16.0 Å². The highest BCUT2D eigenvalue weighted by atomic mass is 79.9. The van der Waals surface area contributed by atoms with Gasteiger partial charge in [0.25, 0.3) is 0 Å². The van der Waals surface area contributed by atoms with Crippen LogP contribution in [0.4, 0.5) is 0 Å². The van der Waals surface area contributed by atoms with Crippen LogP contribution in [-0.4, -0.2) is 28.2 Å². The Bertz CT molecular complexity index is 354. The van der Waals surface area contributed by atoms with E-state index >= 15 is 0 Å². The number of aryl methyl sites for hydroxylation is 1. The second-order valence-corrected chi connectivity index (χ2v) is 3.04. The molecule has 0 saturated carbocycles. The van der Waals surface area contributed by atoms with Crippen molar-refractivity contribution in [2.24, 2.45) is 0 Å². The van der Waals surface area contributed by atoms with Gasteiger partial charge in [-0.05, 0) is 22.9 Å². The molecular weight excluding hydrogens is 240 g/mol. The molecule has 0 aliphatic carbocycles. The van der Waals surface area contributed by atoms with Crippen LogP contribution >= 0.6 is 15.9 Å². The minimum absolute atomic E-state index is 0.0932. The lowest BCUT2D eigenvalue weighted by molar-refractivity contribution is 0.0688. The largest absolute Gasteiger partial charge is 0.480 e. The fourth-order valence-electron chi connectivity index (χ4n) is 0.810. The number of rotatable bonds is 2. The number of halogens is 1.